The third-order valence-electron chi connectivity index (χ3n) is 2.62. The molecule has 1 rings (SSSR count). The number of benzene rings is 1. The average Bonchev–Trinajstić information content (AvgIpc) is 2.30. The predicted octanol–water partition coefficient (Wildman–Crippen LogP) is 1.98. The Kier molecular flexibility index (Phi) is 4.78. The molecule has 4 nitrogen and oxygen atoms in total. The van der Waals surface area contributed by atoms with Gasteiger partial charge in [-0.25, -0.2) is 4.39 Å². The Morgan fingerprint density at radius 3 is 2.56 bits per heavy atom. The third-order valence-corrected chi connectivity index (χ3v) is 2.91. The summed E-state index contributed by atoms with van der Waals surface area (Å²) in [5.41, 5.74) is 6.64. The van der Waals surface area contributed by atoms with Crippen LogP contribution in [0.4, 0.5) is 15.8 Å². The summed E-state index contributed by atoms with van der Waals surface area (Å²) in [4.78, 5) is 14.9. The zero-order chi connectivity index (χ0) is 13.9. The van der Waals surface area contributed by atoms with E-state index in [2.05, 4.69) is 0 Å². The molecule has 0 aliphatic rings. The minimum atomic E-state index is -0.545. The first-order valence-electron chi connectivity index (χ1n) is 5.56. The number of halogens is 2. The molecule has 18 heavy (non-hydrogen) atoms. The second-order valence-electron chi connectivity index (χ2n) is 4.13. The minimum Gasteiger partial charge on any atom is -0.397 e. The molecule has 0 unspecified atom stereocenters. The number of hydrogen-bond acceptors (Lipinski definition) is 3. The highest BCUT2D eigenvalue weighted by atomic mass is 35.5. The van der Waals surface area contributed by atoms with Gasteiger partial charge in [-0.1, -0.05) is 11.6 Å². The molecule has 0 spiro atoms. The molecular weight excluding hydrogens is 257 g/mol. The summed E-state index contributed by atoms with van der Waals surface area (Å²) in [6.07, 6.45) is 0. The van der Waals surface area contributed by atoms with E-state index in [4.69, 9.17) is 17.3 Å². The maximum Gasteiger partial charge on any atom is 0.241 e. The van der Waals surface area contributed by atoms with Crippen molar-refractivity contribution in [1.82, 2.24) is 4.90 Å². The van der Waals surface area contributed by atoms with Crippen LogP contribution in [0.15, 0.2) is 12.1 Å². The largest absolute Gasteiger partial charge is 0.397 e. The van der Waals surface area contributed by atoms with Crippen LogP contribution in [-0.2, 0) is 4.79 Å². The quantitative estimate of drug-likeness (QED) is 0.854. The highest BCUT2D eigenvalue weighted by Gasteiger charge is 2.16. The van der Waals surface area contributed by atoms with Crippen molar-refractivity contribution < 1.29 is 9.18 Å². The lowest BCUT2D eigenvalue weighted by atomic mass is 10.2. The van der Waals surface area contributed by atoms with Crippen molar-refractivity contribution in [3.8, 4) is 0 Å². The summed E-state index contributed by atoms with van der Waals surface area (Å²) in [6, 6.07) is 2.61. The van der Waals surface area contributed by atoms with Gasteiger partial charge in [0.1, 0.15) is 5.82 Å². The van der Waals surface area contributed by atoms with Crippen molar-refractivity contribution in [2.75, 3.05) is 37.8 Å². The Balaban J connectivity index is 3.02. The van der Waals surface area contributed by atoms with Crippen LogP contribution in [0.25, 0.3) is 0 Å². The van der Waals surface area contributed by atoms with Crippen LogP contribution in [0, 0.1) is 5.82 Å². The normalized spacial score (nSPS) is 10.3. The summed E-state index contributed by atoms with van der Waals surface area (Å²) in [5, 5.41) is -0.0220. The van der Waals surface area contributed by atoms with E-state index in [1.54, 1.807) is 19.0 Å². The Morgan fingerprint density at radius 1 is 1.44 bits per heavy atom. The molecule has 0 aromatic heterocycles. The Labute approximate surface area is 111 Å². The zero-order valence-electron chi connectivity index (χ0n) is 10.7. The van der Waals surface area contributed by atoms with Gasteiger partial charge in [0.05, 0.1) is 22.9 Å². The molecule has 100 valence electrons. The highest BCUT2D eigenvalue weighted by Crippen LogP contribution is 2.29. The van der Waals surface area contributed by atoms with Gasteiger partial charge in [-0.3, -0.25) is 4.79 Å². The van der Waals surface area contributed by atoms with Gasteiger partial charge in [0, 0.05) is 26.7 Å². The Hall–Kier alpha value is -1.49. The first-order chi connectivity index (χ1) is 8.36. The van der Waals surface area contributed by atoms with E-state index in [0.717, 1.165) is 0 Å². The molecule has 0 radical (unpaired) electrons. The number of carbonyl (C=O) groups is 1. The molecule has 0 aliphatic heterocycles. The number of rotatable bonds is 4. The lowest BCUT2D eigenvalue weighted by Gasteiger charge is -2.25. The molecule has 0 fully saturated rings. The van der Waals surface area contributed by atoms with Crippen molar-refractivity contribution in [3.63, 3.8) is 0 Å². The van der Waals surface area contributed by atoms with Crippen LogP contribution in [-0.4, -0.2) is 38.0 Å². The lowest BCUT2D eigenvalue weighted by Crippen LogP contribution is -2.37. The standard InChI is InChI=1S/C12H17ClFN3O/c1-4-17(7-12(18)16(2)3)11-6-9(14)8(13)5-10(11)15/h5-6H,4,7,15H2,1-3H3. The summed E-state index contributed by atoms with van der Waals surface area (Å²) in [5.74, 6) is -0.622. The van der Waals surface area contributed by atoms with Crippen molar-refractivity contribution in [2.24, 2.45) is 0 Å². The Bertz CT molecular complexity index is 451. The molecule has 0 saturated carbocycles. The maximum atomic E-state index is 13.4. The first-order valence-corrected chi connectivity index (χ1v) is 5.94. The predicted molar refractivity (Wildman–Crippen MR) is 72.4 cm³/mol. The molecule has 0 aliphatic carbocycles. The van der Waals surface area contributed by atoms with Crippen LogP contribution in [0.1, 0.15) is 6.92 Å². The summed E-state index contributed by atoms with van der Waals surface area (Å²) < 4.78 is 13.4. The van der Waals surface area contributed by atoms with Crippen LogP contribution in [0.5, 0.6) is 0 Å². The molecule has 1 aromatic carbocycles. The van der Waals surface area contributed by atoms with Crippen LogP contribution >= 0.6 is 11.6 Å². The molecule has 0 saturated heterocycles. The number of nitrogens with zero attached hydrogens (tertiary/aromatic N) is 2. The van der Waals surface area contributed by atoms with Crippen LogP contribution < -0.4 is 10.6 Å². The lowest BCUT2D eigenvalue weighted by molar-refractivity contribution is -0.127. The fourth-order valence-corrected chi connectivity index (χ4v) is 1.67. The SMILES string of the molecule is CCN(CC(=O)N(C)C)c1cc(F)c(Cl)cc1N. The van der Waals surface area contributed by atoms with Gasteiger partial charge in [-0.05, 0) is 13.0 Å². The topological polar surface area (TPSA) is 49.6 Å². The highest BCUT2D eigenvalue weighted by molar-refractivity contribution is 6.31. The van der Waals surface area contributed by atoms with Gasteiger partial charge < -0.3 is 15.5 Å². The number of anilines is 2. The van der Waals surface area contributed by atoms with Gasteiger partial charge >= 0.3 is 0 Å². The van der Waals surface area contributed by atoms with Crippen molar-refractivity contribution in [2.45, 2.75) is 6.92 Å². The van der Waals surface area contributed by atoms with Gasteiger partial charge in [0.15, 0.2) is 0 Å². The molecule has 0 bridgehead atoms. The number of hydrogen-bond donors (Lipinski definition) is 1. The number of likely N-dealkylation sites (N-methyl/N-ethyl adjacent to an activating group) is 2. The molecule has 1 amide bonds. The van der Waals surface area contributed by atoms with E-state index in [1.165, 1.54) is 17.0 Å². The molecular formula is C12H17ClFN3O. The van der Waals surface area contributed by atoms with E-state index < -0.39 is 5.82 Å². The van der Waals surface area contributed by atoms with Gasteiger partial charge in [0.25, 0.3) is 0 Å². The summed E-state index contributed by atoms with van der Waals surface area (Å²) in [7, 11) is 3.34. The van der Waals surface area contributed by atoms with Gasteiger partial charge in [-0.15, -0.1) is 0 Å². The smallest absolute Gasteiger partial charge is 0.241 e. The monoisotopic (exact) mass is 273 g/mol. The summed E-state index contributed by atoms with van der Waals surface area (Å²) in [6.45, 7) is 2.56. The number of nitrogen functional groups attached to an aromatic ring is 1. The molecule has 0 atom stereocenters. The van der Waals surface area contributed by atoms with Crippen molar-refractivity contribution in [1.29, 1.82) is 0 Å². The number of nitrogens with two attached hydrogens (primary N) is 1. The zero-order valence-corrected chi connectivity index (χ0v) is 11.5. The number of carbonyl (C=O) groups excluding carboxylic acids is 1. The van der Waals surface area contributed by atoms with Crippen LogP contribution in [0.2, 0.25) is 5.02 Å². The van der Waals surface area contributed by atoms with E-state index in [-0.39, 0.29) is 17.5 Å². The maximum absolute atomic E-state index is 13.4. The fraction of sp³-hybridized carbons (Fsp3) is 0.417. The second kappa shape index (κ2) is 5.91. The fourth-order valence-electron chi connectivity index (χ4n) is 1.50. The van der Waals surface area contributed by atoms with E-state index in [1.807, 2.05) is 6.92 Å². The molecule has 6 heteroatoms. The van der Waals surface area contributed by atoms with Crippen LogP contribution in [0.3, 0.4) is 0 Å². The first kappa shape index (κ1) is 14.6. The van der Waals surface area contributed by atoms with Crippen molar-refractivity contribution >= 4 is 28.9 Å². The van der Waals surface area contributed by atoms with E-state index >= 15 is 0 Å². The molecule has 2 N–H and O–H groups in total. The Morgan fingerprint density at radius 2 is 2.06 bits per heavy atom. The van der Waals surface area contributed by atoms with E-state index in [9.17, 15) is 9.18 Å². The molecule has 1 aromatic rings. The molecule has 0 heterocycles. The average molecular weight is 274 g/mol. The number of amides is 1. The minimum absolute atomic E-state index is 0.0220. The third kappa shape index (κ3) is 3.26. The van der Waals surface area contributed by atoms with Gasteiger partial charge in [0.2, 0.25) is 5.91 Å². The second-order valence-corrected chi connectivity index (χ2v) is 4.53. The van der Waals surface area contributed by atoms with Gasteiger partial charge in [-0.2, -0.15) is 0 Å². The van der Waals surface area contributed by atoms with E-state index in [0.29, 0.717) is 17.9 Å². The van der Waals surface area contributed by atoms with Crippen molar-refractivity contribution in [3.05, 3.63) is 23.0 Å². The summed E-state index contributed by atoms with van der Waals surface area (Å²) >= 11 is 5.64.